The summed E-state index contributed by atoms with van der Waals surface area (Å²) in [5.74, 6) is 0.450. The van der Waals surface area contributed by atoms with Crippen molar-refractivity contribution in [1.29, 1.82) is 0 Å². The molecule has 2 saturated heterocycles. The van der Waals surface area contributed by atoms with Gasteiger partial charge in [-0.2, -0.15) is 4.31 Å². The molecule has 0 bridgehead atoms. The third-order valence-electron chi connectivity index (χ3n) is 4.37. The second kappa shape index (κ2) is 6.42. The number of nitrogens with zero attached hydrogens (tertiary/aromatic N) is 1. The number of hydrogen-bond acceptors (Lipinski definition) is 3. The fraction of sp³-hybridized carbons (Fsp3) is 0.571. The SMILES string of the molecule is Cc1cc(Cl)ccc1S(=O)(=O)N1CCC2NCCC2C1.Cl. The summed E-state index contributed by atoms with van der Waals surface area (Å²) in [6.07, 6.45) is 1.97. The first-order valence-electron chi connectivity index (χ1n) is 6.98. The number of sulfonamides is 1. The van der Waals surface area contributed by atoms with E-state index >= 15 is 0 Å². The highest BCUT2D eigenvalue weighted by atomic mass is 35.5. The second-order valence-corrected chi connectivity index (χ2v) is 8.01. The summed E-state index contributed by atoms with van der Waals surface area (Å²) >= 11 is 5.91. The molecule has 2 unspecified atom stereocenters. The Morgan fingerprint density at radius 2 is 2.10 bits per heavy atom. The summed E-state index contributed by atoms with van der Waals surface area (Å²) in [4.78, 5) is 0.381. The molecular weight excluding hydrogens is 331 g/mol. The summed E-state index contributed by atoms with van der Waals surface area (Å²) in [5, 5.41) is 4.02. The van der Waals surface area contributed by atoms with Crippen molar-refractivity contribution in [2.45, 2.75) is 30.7 Å². The third-order valence-corrected chi connectivity index (χ3v) is 6.63. The van der Waals surface area contributed by atoms with Crippen LogP contribution in [0.1, 0.15) is 18.4 Å². The summed E-state index contributed by atoms with van der Waals surface area (Å²) in [6, 6.07) is 5.46. The lowest BCUT2D eigenvalue weighted by Gasteiger charge is -2.34. The van der Waals surface area contributed by atoms with Crippen LogP contribution in [0.4, 0.5) is 0 Å². The zero-order chi connectivity index (χ0) is 14.3. The topological polar surface area (TPSA) is 49.4 Å². The number of halogens is 2. The van der Waals surface area contributed by atoms with Gasteiger partial charge < -0.3 is 5.32 Å². The molecule has 2 aliphatic rings. The molecule has 4 nitrogen and oxygen atoms in total. The van der Waals surface area contributed by atoms with Crippen molar-refractivity contribution >= 4 is 34.0 Å². The van der Waals surface area contributed by atoms with Crippen LogP contribution in [0.2, 0.25) is 5.02 Å². The first kappa shape index (κ1) is 17.0. The number of nitrogens with one attached hydrogen (secondary N) is 1. The summed E-state index contributed by atoms with van der Waals surface area (Å²) < 4.78 is 27.2. The lowest BCUT2D eigenvalue weighted by atomic mass is 9.95. The molecule has 2 fully saturated rings. The van der Waals surface area contributed by atoms with Crippen LogP contribution in [0.15, 0.2) is 23.1 Å². The van der Waals surface area contributed by atoms with Crippen molar-refractivity contribution < 1.29 is 8.42 Å². The number of fused-ring (bicyclic) bond motifs is 1. The van der Waals surface area contributed by atoms with Crippen molar-refractivity contribution in [1.82, 2.24) is 9.62 Å². The van der Waals surface area contributed by atoms with Gasteiger partial charge in [-0.1, -0.05) is 11.6 Å². The quantitative estimate of drug-likeness (QED) is 0.890. The minimum atomic E-state index is -3.40. The van der Waals surface area contributed by atoms with Crippen molar-refractivity contribution in [3.05, 3.63) is 28.8 Å². The zero-order valence-electron chi connectivity index (χ0n) is 11.9. The Balaban J connectivity index is 0.00000161. The minimum absolute atomic E-state index is 0. The molecule has 3 rings (SSSR count). The normalized spacial score (nSPS) is 26.2. The molecule has 0 aliphatic carbocycles. The van der Waals surface area contributed by atoms with Gasteiger partial charge in [-0.25, -0.2) is 8.42 Å². The Bertz CT molecular complexity index is 621. The maximum absolute atomic E-state index is 12.8. The molecule has 7 heteroatoms. The van der Waals surface area contributed by atoms with Crippen molar-refractivity contribution in [3.8, 4) is 0 Å². The fourth-order valence-corrected chi connectivity index (χ4v) is 5.22. The van der Waals surface area contributed by atoms with Gasteiger partial charge >= 0.3 is 0 Å². The Hall–Kier alpha value is -0.330. The largest absolute Gasteiger partial charge is 0.314 e. The van der Waals surface area contributed by atoms with E-state index in [0.29, 0.717) is 40.5 Å². The van der Waals surface area contributed by atoms with Crippen molar-refractivity contribution in [3.63, 3.8) is 0 Å². The fourth-order valence-electron chi connectivity index (χ4n) is 3.27. The van der Waals surface area contributed by atoms with Gasteiger partial charge in [0.05, 0.1) is 4.90 Å². The molecule has 0 aromatic heterocycles. The van der Waals surface area contributed by atoms with Gasteiger partial charge in [-0.3, -0.25) is 0 Å². The van der Waals surface area contributed by atoms with Gasteiger partial charge in [0.2, 0.25) is 10.0 Å². The molecule has 0 spiro atoms. The van der Waals surface area contributed by atoms with Gasteiger partial charge in [0.15, 0.2) is 0 Å². The highest BCUT2D eigenvalue weighted by Gasteiger charge is 2.37. The maximum atomic E-state index is 12.8. The number of aryl methyl sites for hydroxylation is 1. The second-order valence-electron chi connectivity index (χ2n) is 5.67. The van der Waals surface area contributed by atoms with Crippen LogP contribution in [-0.4, -0.2) is 38.4 Å². The van der Waals surface area contributed by atoms with Crippen LogP contribution in [0.3, 0.4) is 0 Å². The molecule has 1 aromatic rings. The number of rotatable bonds is 2. The Morgan fingerprint density at radius 3 is 2.81 bits per heavy atom. The van der Waals surface area contributed by atoms with Gasteiger partial charge in [0.1, 0.15) is 0 Å². The van der Waals surface area contributed by atoms with Crippen LogP contribution in [0.5, 0.6) is 0 Å². The predicted molar refractivity (Wildman–Crippen MR) is 86.7 cm³/mol. The van der Waals surface area contributed by atoms with E-state index in [-0.39, 0.29) is 12.4 Å². The molecule has 0 amide bonds. The van der Waals surface area contributed by atoms with E-state index in [4.69, 9.17) is 11.6 Å². The maximum Gasteiger partial charge on any atom is 0.243 e. The van der Waals surface area contributed by atoms with Gasteiger partial charge in [0, 0.05) is 24.2 Å². The number of hydrogen-bond donors (Lipinski definition) is 1. The third kappa shape index (κ3) is 3.22. The van der Waals surface area contributed by atoms with E-state index in [2.05, 4.69) is 5.32 Å². The molecular formula is C14H20Cl2N2O2S. The van der Waals surface area contributed by atoms with E-state index in [1.54, 1.807) is 29.4 Å². The predicted octanol–water partition coefficient (Wildman–Crippen LogP) is 2.44. The van der Waals surface area contributed by atoms with Crippen LogP contribution < -0.4 is 5.32 Å². The molecule has 0 saturated carbocycles. The molecule has 2 atom stereocenters. The van der Waals surface area contributed by atoms with Gasteiger partial charge in [-0.05, 0) is 56.0 Å². The summed E-state index contributed by atoms with van der Waals surface area (Å²) in [5.41, 5.74) is 0.712. The standard InChI is InChI=1S/C14H19ClN2O2S.ClH/c1-10-8-12(15)2-3-14(10)20(18,19)17-7-5-13-11(9-17)4-6-16-13;/h2-3,8,11,13,16H,4-7,9H2,1H3;1H. The molecule has 118 valence electrons. The lowest BCUT2D eigenvalue weighted by Crippen LogP contribution is -2.46. The van der Waals surface area contributed by atoms with Gasteiger partial charge in [0.25, 0.3) is 0 Å². The highest BCUT2D eigenvalue weighted by molar-refractivity contribution is 7.89. The van der Waals surface area contributed by atoms with E-state index in [0.717, 1.165) is 19.4 Å². The van der Waals surface area contributed by atoms with E-state index in [1.807, 2.05) is 0 Å². The summed E-state index contributed by atoms with van der Waals surface area (Å²) in [6.45, 7) is 4.02. The summed E-state index contributed by atoms with van der Waals surface area (Å²) in [7, 11) is -3.40. The van der Waals surface area contributed by atoms with Crippen LogP contribution in [0.25, 0.3) is 0 Å². The molecule has 0 radical (unpaired) electrons. The van der Waals surface area contributed by atoms with Gasteiger partial charge in [-0.15, -0.1) is 12.4 Å². The van der Waals surface area contributed by atoms with E-state index in [9.17, 15) is 8.42 Å². The van der Waals surface area contributed by atoms with E-state index in [1.165, 1.54) is 0 Å². The number of benzene rings is 1. The van der Waals surface area contributed by atoms with Crippen molar-refractivity contribution in [2.75, 3.05) is 19.6 Å². The zero-order valence-corrected chi connectivity index (χ0v) is 14.3. The lowest BCUT2D eigenvalue weighted by molar-refractivity contribution is 0.247. The molecule has 1 N–H and O–H groups in total. The number of piperidine rings is 1. The first-order valence-corrected chi connectivity index (χ1v) is 8.80. The smallest absolute Gasteiger partial charge is 0.243 e. The molecule has 1 aromatic carbocycles. The monoisotopic (exact) mass is 350 g/mol. The average molecular weight is 351 g/mol. The molecule has 2 heterocycles. The first-order chi connectivity index (χ1) is 9.48. The molecule has 21 heavy (non-hydrogen) atoms. The van der Waals surface area contributed by atoms with Crippen LogP contribution >= 0.6 is 24.0 Å². The Labute approximate surface area is 137 Å². The average Bonchev–Trinajstić information content (AvgIpc) is 2.85. The van der Waals surface area contributed by atoms with E-state index < -0.39 is 10.0 Å². The van der Waals surface area contributed by atoms with Crippen molar-refractivity contribution in [2.24, 2.45) is 5.92 Å². The van der Waals surface area contributed by atoms with Crippen LogP contribution in [-0.2, 0) is 10.0 Å². The minimum Gasteiger partial charge on any atom is -0.314 e. The highest BCUT2D eigenvalue weighted by Crippen LogP contribution is 2.30. The molecule has 2 aliphatic heterocycles. The Kier molecular flexibility index (Phi) is 5.21. The van der Waals surface area contributed by atoms with Crippen LogP contribution in [0, 0.1) is 12.8 Å². The Morgan fingerprint density at radius 1 is 1.33 bits per heavy atom.